The fourth-order valence-corrected chi connectivity index (χ4v) is 3.80. The van der Waals surface area contributed by atoms with Gasteiger partial charge in [-0.25, -0.2) is 9.78 Å². The Hall–Kier alpha value is -2.87. The van der Waals surface area contributed by atoms with E-state index in [-0.39, 0.29) is 24.7 Å². The predicted molar refractivity (Wildman–Crippen MR) is 109 cm³/mol. The molecule has 8 heteroatoms. The fourth-order valence-electron chi connectivity index (χ4n) is 3.80. The predicted octanol–water partition coefficient (Wildman–Crippen LogP) is 2.69. The van der Waals surface area contributed by atoms with Gasteiger partial charge in [-0.3, -0.25) is 9.69 Å². The second kappa shape index (κ2) is 8.24. The summed E-state index contributed by atoms with van der Waals surface area (Å²) < 4.78 is 5.12. The lowest BCUT2D eigenvalue weighted by Crippen LogP contribution is -2.55. The zero-order valence-corrected chi connectivity index (χ0v) is 16.4. The van der Waals surface area contributed by atoms with Gasteiger partial charge in [-0.1, -0.05) is 0 Å². The Bertz CT molecular complexity index is 909. The highest BCUT2D eigenvalue weighted by Gasteiger charge is 2.37. The monoisotopic (exact) mass is 398 g/mol. The third-order valence-corrected chi connectivity index (χ3v) is 5.62. The molecule has 1 aromatic heterocycles. The molecule has 0 bridgehead atoms. The number of methoxy groups -OCH3 is 1. The lowest BCUT2D eigenvalue weighted by Gasteiger charge is -2.42. The summed E-state index contributed by atoms with van der Waals surface area (Å²) in [5.74, 6) is 0.407. The molecule has 1 heterocycles. The maximum atomic E-state index is 12.3. The topological polar surface area (TPSA) is 104 Å². The van der Waals surface area contributed by atoms with E-state index in [1.54, 1.807) is 13.2 Å². The maximum Gasteiger partial charge on any atom is 0.319 e. The Labute approximate surface area is 169 Å². The quantitative estimate of drug-likeness (QED) is 0.632. The van der Waals surface area contributed by atoms with Crippen molar-refractivity contribution in [2.45, 2.75) is 37.8 Å². The molecule has 2 fully saturated rings. The summed E-state index contributed by atoms with van der Waals surface area (Å²) in [5.41, 5.74) is 1.49. The van der Waals surface area contributed by atoms with Crippen LogP contribution in [0.3, 0.4) is 0 Å². The molecule has 0 radical (unpaired) electrons. The summed E-state index contributed by atoms with van der Waals surface area (Å²) in [7, 11) is 1.58. The highest BCUT2D eigenvalue weighted by molar-refractivity contribution is 5.92. The number of aromatic nitrogens is 1. The van der Waals surface area contributed by atoms with Gasteiger partial charge in [-0.15, -0.1) is 0 Å². The second-order valence-electron chi connectivity index (χ2n) is 7.95. The Morgan fingerprint density at radius 3 is 2.72 bits per heavy atom. The third kappa shape index (κ3) is 4.95. The second-order valence-corrected chi connectivity index (χ2v) is 7.95. The number of rotatable bonds is 8. The number of urea groups is 1. The molecule has 2 aromatic rings. The number of carbonyl (C=O) groups is 2. The first-order valence-corrected chi connectivity index (χ1v) is 9.98. The number of amides is 2. The minimum atomic E-state index is -0.789. The van der Waals surface area contributed by atoms with Gasteiger partial charge in [0.15, 0.2) is 0 Å². The van der Waals surface area contributed by atoms with E-state index in [0.717, 1.165) is 30.3 Å². The van der Waals surface area contributed by atoms with Crippen LogP contribution in [0.5, 0.6) is 5.88 Å². The summed E-state index contributed by atoms with van der Waals surface area (Å²) in [5, 5.41) is 15.9. The molecule has 0 saturated heterocycles. The highest BCUT2D eigenvalue weighted by Crippen LogP contribution is 2.33. The van der Waals surface area contributed by atoms with Crippen molar-refractivity contribution in [3.05, 3.63) is 30.3 Å². The molecule has 2 aliphatic rings. The average molecular weight is 398 g/mol. The van der Waals surface area contributed by atoms with E-state index >= 15 is 0 Å². The largest absolute Gasteiger partial charge is 0.481 e. The van der Waals surface area contributed by atoms with Gasteiger partial charge in [0.05, 0.1) is 19.2 Å². The highest BCUT2D eigenvalue weighted by atomic mass is 16.5. The molecule has 29 heavy (non-hydrogen) atoms. The van der Waals surface area contributed by atoms with E-state index in [9.17, 15) is 9.59 Å². The van der Waals surface area contributed by atoms with Crippen LogP contribution in [0.25, 0.3) is 10.9 Å². The summed E-state index contributed by atoms with van der Waals surface area (Å²) in [6.07, 6.45) is 3.96. The fraction of sp³-hybridized carbons (Fsp3) is 0.476. The van der Waals surface area contributed by atoms with Crippen LogP contribution >= 0.6 is 0 Å². The number of carboxylic acid groups (broad SMARTS) is 1. The molecule has 0 unspecified atom stereocenters. The summed E-state index contributed by atoms with van der Waals surface area (Å²) in [6, 6.07) is 9.26. The van der Waals surface area contributed by atoms with Gasteiger partial charge in [0.1, 0.15) is 0 Å². The van der Waals surface area contributed by atoms with Gasteiger partial charge in [0.25, 0.3) is 0 Å². The number of aliphatic carboxylic acids is 1. The van der Waals surface area contributed by atoms with E-state index < -0.39 is 5.97 Å². The Morgan fingerprint density at radius 1 is 1.24 bits per heavy atom. The van der Waals surface area contributed by atoms with Gasteiger partial charge in [0.2, 0.25) is 5.88 Å². The van der Waals surface area contributed by atoms with Gasteiger partial charge in [0, 0.05) is 35.8 Å². The van der Waals surface area contributed by atoms with Crippen LogP contribution in [0.1, 0.15) is 25.7 Å². The first-order chi connectivity index (χ1) is 14.0. The van der Waals surface area contributed by atoms with E-state index in [1.165, 1.54) is 12.8 Å². The number of benzene rings is 1. The van der Waals surface area contributed by atoms with Crippen molar-refractivity contribution in [3.8, 4) is 5.88 Å². The molecule has 2 saturated carbocycles. The van der Waals surface area contributed by atoms with Crippen LogP contribution in [-0.4, -0.2) is 59.3 Å². The molecule has 0 atom stereocenters. The van der Waals surface area contributed by atoms with Gasteiger partial charge >= 0.3 is 12.0 Å². The minimum absolute atomic E-state index is 0.0712. The normalized spacial score (nSPS) is 20.9. The lowest BCUT2D eigenvalue weighted by atomic mass is 9.85. The van der Waals surface area contributed by atoms with Gasteiger partial charge in [-0.2, -0.15) is 0 Å². The molecule has 2 aliphatic carbocycles. The van der Waals surface area contributed by atoms with Crippen molar-refractivity contribution in [1.82, 2.24) is 15.2 Å². The number of pyridine rings is 1. The van der Waals surface area contributed by atoms with Crippen LogP contribution in [0.15, 0.2) is 30.3 Å². The first kappa shape index (κ1) is 19.4. The van der Waals surface area contributed by atoms with Gasteiger partial charge < -0.3 is 20.5 Å². The Morgan fingerprint density at radius 2 is 2.03 bits per heavy atom. The van der Waals surface area contributed by atoms with Crippen molar-refractivity contribution in [2.75, 3.05) is 25.5 Å². The number of hydrogen-bond donors (Lipinski definition) is 3. The minimum Gasteiger partial charge on any atom is -0.481 e. The number of anilines is 1. The smallest absolute Gasteiger partial charge is 0.319 e. The van der Waals surface area contributed by atoms with Crippen LogP contribution < -0.4 is 15.4 Å². The van der Waals surface area contributed by atoms with Crippen LogP contribution in [0, 0.1) is 5.92 Å². The van der Waals surface area contributed by atoms with Crippen LogP contribution in [0.4, 0.5) is 10.5 Å². The number of carbonyl (C=O) groups excluding carboxylic acids is 1. The van der Waals surface area contributed by atoms with E-state index in [2.05, 4.69) is 20.5 Å². The molecule has 1 aromatic carbocycles. The van der Waals surface area contributed by atoms with Crippen molar-refractivity contribution in [2.24, 2.45) is 5.92 Å². The molecule has 4 rings (SSSR count). The number of ether oxygens (including phenoxy) is 1. The number of hydrogen-bond acceptors (Lipinski definition) is 5. The number of carboxylic acids is 1. The molecule has 0 spiro atoms. The molecule has 3 N–H and O–H groups in total. The SMILES string of the molecule is COc1ccc2cc(NC(=O)NC3CC(N(CC(=O)O)CC4CC4)C3)ccc2n1. The van der Waals surface area contributed by atoms with Crippen molar-refractivity contribution in [1.29, 1.82) is 0 Å². The van der Waals surface area contributed by atoms with E-state index in [4.69, 9.17) is 9.84 Å². The summed E-state index contributed by atoms with van der Waals surface area (Å²) in [6.45, 7) is 0.932. The van der Waals surface area contributed by atoms with Crippen molar-refractivity contribution < 1.29 is 19.4 Å². The molecule has 0 aliphatic heterocycles. The standard InChI is InChI=1S/C21H26N4O4/c1-29-19-7-4-14-8-15(5-6-18(14)24-19)22-21(28)23-16-9-17(10-16)25(12-20(26)27)11-13-2-3-13/h4-8,13,16-17H,2-3,9-12H2,1H3,(H,26,27)(H2,22,23,28). The Balaban J connectivity index is 1.28. The maximum absolute atomic E-state index is 12.3. The number of nitrogens with zero attached hydrogens (tertiary/aromatic N) is 2. The first-order valence-electron chi connectivity index (χ1n) is 9.98. The summed E-state index contributed by atoms with van der Waals surface area (Å²) in [4.78, 5) is 29.9. The lowest BCUT2D eigenvalue weighted by molar-refractivity contribution is -0.139. The van der Waals surface area contributed by atoms with Crippen molar-refractivity contribution in [3.63, 3.8) is 0 Å². The summed E-state index contributed by atoms with van der Waals surface area (Å²) >= 11 is 0. The molecular weight excluding hydrogens is 372 g/mol. The Kier molecular flexibility index (Phi) is 5.53. The molecule has 154 valence electrons. The number of nitrogens with one attached hydrogen (secondary N) is 2. The molecular formula is C21H26N4O4. The third-order valence-electron chi connectivity index (χ3n) is 5.62. The van der Waals surface area contributed by atoms with Crippen LogP contribution in [-0.2, 0) is 4.79 Å². The van der Waals surface area contributed by atoms with E-state index in [0.29, 0.717) is 17.5 Å². The molecule has 8 nitrogen and oxygen atoms in total. The molecule has 2 amide bonds. The van der Waals surface area contributed by atoms with Crippen molar-refractivity contribution >= 4 is 28.6 Å². The average Bonchev–Trinajstić information content (AvgIpc) is 3.47. The zero-order valence-electron chi connectivity index (χ0n) is 16.4. The number of fused-ring (bicyclic) bond motifs is 1. The van der Waals surface area contributed by atoms with Crippen LogP contribution in [0.2, 0.25) is 0 Å². The van der Waals surface area contributed by atoms with Gasteiger partial charge in [-0.05, 0) is 55.9 Å². The zero-order chi connectivity index (χ0) is 20.4. The van der Waals surface area contributed by atoms with E-state index in [1.807, 2.05) is 24.3 Å².